The highest BCUT2D eigenvalue weighted by atomic mass is 32.1. The fourth-order valence-corrected chi connectivity index (χ4v) is 4.46. The second-order valence-electron chi connectivity index (χ2n) is 10.1. The third-order valence-corrected chi connectivity index (χ3v) is 7.25. The molecule has 284 valence electrons. The standard InChI is InChI=1S/C29H40N2OS.C4H9NO.5C2H6/c1-5-22(2)12-7-6-8-13-23(3)29(33)30-21-24(4)31-27(18-19-32)20-26-16-11-15-25-14-9-10-17-28(25)26;1-2-3-5-4-6;5*1-2/h9-11,14-17,19,23,27,31H,2,4-8,12-13,18,20-21H2,1,3H3,(H,30,33);4H,2-3H2,1H3,(H,5,6);5*1-2H3. The molecule has 1 amide bonds. The maximum absolute atomic E-state index is 11.3. The van der Waals surface area contributed by atoms with Gasteiger partial charge in [0.15, 0.2) is 0 Å². The molecule has 3 N–H and O–H groups in total. The molecule has 0 saturated carbocycles. The van der Waals surface area contributed by atoms with E-state index in [0.29, 0.717) is 25.3 Å². The van der Waals surface area contributed by atoms with Crippen LogP contribution < -0.4 is 16.0 Å². The van der Waals surface area contributed by atoms with E-state index in [9.17, 15) is 9.59 Å². The second-order valence-corrected chi connectivity index (χ2v) is 10.5. The van der Waals surface area contributed by atoms with Gasteiger partial charge in [-0.15, -0.1) is 0 Å². The zero-order valence-corrected chi connectivity index (χ0v) is 35.1. The van der Waals surface area contributed by atoms with Gasteiger partial charge in [-0.2, -0.15) is 0 Å². The summed E-state index contributed by atoms with van der Waals surface area (Å²) in [6.07, 6.45) is 10.9. The van der Waals surface area contributed by atoms with Crippen LogP contribution in [0.3, 0.4) is 0 Å². The molecule has 0 heterocycles. The van der Waals surface area contributed by atoms with Gasteiger partial charge in [-0.05, 0) is 54.9 Å². The lowest BCUT2D eigenvalue weighted by Gasteiger charge is -2.22. The Bertz CT molecular complexity index is 1030. The zero-order valence-electron chi connectivity index (χ0n) is 34.3. The summed E-state index contributed by atoms with van der Waals surface area (Å²) >= 11 is 5.61. The van der Waals surface area contributed by atoms with Crippen molar-refractivity contribution in [1.29, 1.82) is 0 Å². The maximum Gasteiger partial charge on any atom is 0.207 e. The summed E-state index contributed by atoms with van der Waals surface area (Å²) in [5.74, 6) is 0.351. The van der Waals surface area contributed by atoms with Crippen molar-refractivity contribution >= 4 is 40.7 Å². The molecule has 0 aromatic heterocycles. The summed E-state index contributed by atoms with van der Waals surface area (Å²) in [7, 11) is 0. The normalized spacial score (nSPS) is 10.1. The number of carbonyl (C=O) groups excluding carboxylic acids is 2. The first-order valence-corrected chi connectivity index (χ1v) is 19.7. The van der Waals surface area contributed by atoms with E-state index in [2.05, 4.69) is 79.4 Å². The molecule has 0 bridgehead atoms. The van der Waals surface area contributed by atoms with E-state index in [-0.39, 0.29) is 6.04 Å². The van der Waals surface area contributed by atoms with Gasteiger partial charge in [0, 0.05) is 30.6 Å². The number of hydrogen-bond acceptors (Lipinski definition) is 4. The fraction of sp³-hybridized carbons (Fsp3) is 0.605. The quantitative estimate of drug-likeness (QED) is 0.0589. The number of benzene rings is 2. The zero-order chi connectivity index (χ0) is 38.9. The van der Waals surface area contributed by atoms with Crippen molar-refractivity contribution in [1.82, 2.24) is 16.0 Å². The van der Waals surface area contributed by atoms with E-state index in [1.807, 2.05) is 82.2 Å². The van der Waals surface area contributed by atoms with Gasteiger partial charge >= 0.3 is 0 Å². The van der Waals surface area contributed by atoms with Gasteiger partial charge in [0.05, 0.1) is 11.5 Å². The van der Waals surface area contributed by atoms with Crippen LogP contribution in [0.5, 0.6) is 0 Å². The molecule has 0 spiro atoms. The number of aldehydes is 1. The summed E-state index contributed by atoms with van der Waals surface area (Å²) in [5.41, 5.74) is 3.44. The van der Waals surface area contributed by atoms with Crippen molar-refractivity contribution in [2.45, 2.75) is 154 Å². The minimum Gasteiger partial charge on any atom is -0.384 e. The Kier molecular flexibility index (Phi) is 50.9. The van der Waals surface area contributed by atoms with Crippen molar-refractivity contribution < 1.29 is 9.59 Å². The van der Waals surface area contributed by atoms with Crippen molar-refractivity contribution in [3.8, 4) is 0 Å². The van der Waals surface area contributed by atoms with E-state index in [1.54, 1.807) is 0 Å². The Hall–Kier alpha value is -2.99. The number of unbranched alkanes of at least 4 members (excludes halogenated alkanes) is 2. The van der Waals surface area contributed by atoms with Gasteiger partial charge in [0.1, 0.15) is 6.29 Å². The molecular formula is C43H79N3O2S. The van der Waals surface area contributed by atoms with E-state index in [1.165, 1.54) is 41.2 Å². The van der Waals surface area contributed by atoms with Crippen molar-refractivity contribution in [2.24, 2.45) is 5.92 Å². The van der Waals surface area contributed by atoms with Gasteiger partial charge in [0.25, 0.3) is 0 Å². The predicted molar refractivity (Wildman–Crippen MR) is 228 cm³/mol. The number of amides is 1. The second kappa shape index (κ2) is 45.0. The number of fused-ring (bicyclic) bond motifs is 1. The highest BCUT2D eigenvalue weighted by Crippen LogP contribution is 2.20. The first-order chi connectivity index (χ1) is 23.9. The van der Waals surface area contributed by atoms with Crippen LogP contribution in [0.25, 0.3) is 10.8 Å². The molecule has 5 nitrogen and oxygen atoms in total. The van der Waals surface area contributed by atoms with Crippen LogP contribution in [0.2, 0.25) is 0 Å². The van der Waals surface area contributed by atoms with Crippen molar-refractivity contribution in [3.05, 3.63) is 72.5 Å². The number of thiocarbonyl (C=S) groups is 1. The third-order valence-electron chi connectivity index (χ3n) is 6.70. The molecule has 0 radical (unpaired) electrons. The molecule has 0 aliphatic heterocycles. The van der Waals surface area contributed by atoms with E-state index >= 15 is 0 Å². The summed E-state index contributed by atoms with van der Waals surface area (Å²) in [4.78, 5) is 21.6. The summed E-state index contributed by atoms with van der Waals surface area (Å²) < 4.78 is 0. The first kappa shape index (κ1) is 55.4. The Balaban J connectivity index is -0.000000344. The maximum atomic E-state index is 11.3. The average molecular weight is 702 g/mol. The summed E-state index contributed by atoms with van der Waals surface area (Å²) in [6, 6.07) is 14.7. The molecule has 2 atom stereocenters. The monoisotopic (exact) mass is 702 g/mol. The fourth-order valence-electron chi connectivity index (χ4n) is 4.27. The van der Waals surface area contributed by atoms with Gasteiger partial charge in [-0.3, -0.25) is 4.79 Å². The van der Waals surface area contributed by atoms with E-state index in [0.717, 1.165) is 55.6 Å². The number of hydrogen-bond donors (Lipinski definition) is 3. The van der Waals surface area contributed by atoms with Crippen LogP contribution >= 0.6 is 12.2 Å². The Morgan fingerprint density at radius 2 is 1.43 bits per heavy atom. The average Bonchev–Trinajstić information content (AvgIpc) is 3.17. The van der Waals surface area contributed by atoms with Crippen LogP contribution in [0.4, 0.5) is 0 Å². The molecule has 2 aromatic carbocycles. The Morgan fingerprint density at radius 1 is 0.837 bits per heavy atom. The number of nitrogens with one attached hydrogen (secondary N) is 3. The van der Waals surface area contributed by atoms with Crippen LogP contribution in [-0.4, -0.2) is 36.8 Å². The lowest BCUT2D eigenvalue weighted by atomic mass is 9.97. The highest BCUT2D eigenvalue weighted by molar-refractivity contribution is 7.80. The molecule has 0 saturated heterocycles. The third kappa shape index (κ3) is 32.0. The summed E-state index contributed by atoms with van der Waals surface area (Å²) in [6.45, 7) is 36.0. The number of allylic oxidation sites excluding steroid dienone is 1. The molecule has 0 fully saturated rings. The molecule has 0 aliphatic rings. The van der Waals surface area contributed by atoms with Crippen molar-refractivity contribution in [3.63, 3.8) is 0 Å². The largest absolute Gasteiger partial charge is 0.384 e. The van der Waals surface area contributed by atoms with Crippen LogP contribution in [0, 0.1) is 5.92 Å². The van der Waals surface area contributed by atoms with E-state index in [4.69, 9.17) is 12.2 Å². The van der Waals surface area contributed by atoms with Crippen LogP contribution in [-0.2, 0) is 16.0 Å². The lowest BCUT2D eigenvalue weighted by Crippen LogP contribution is -2.37. The minimum atomic E-state index is 0.00599. The predicted octanol–water partition coefficient (Wildman–Crippen LogP) is 12.2. The van der Waals surface area contributed by atoms with Gasteiger partial charge in [-0.25, -0.2) is 0 Å². The molecule has 6 heteroatoms. The molecule has 2 unspecified atom stereocenters. The Morgan fingerprint density at radius 3 is 1.96 bits per heavy atom. The first-order valence-electron chi connectivity index (χ1n) is 19.3. The molecule has 49 heavy (non-hydrogen) atoms. The van der Waals surface area contributed by atoms with E-state index < -0.39 is 0 Å². The number of rotatable bonds is 19. The van der Waals surface area contributed by atoms with Crippen molar-refractivity contribution in [2.75, 3.05) is 13.1 Å². The van der Waals surface area contributed by atoms with Crippen LogP contribution in [0.15, 0.2) is 66.9 Å². The van der Waals surface area contributed by atoms with Gasteiger partial charge in [0.2, 0.25) is 6.41 Å². The molecular weight excluding hydrogens is 623 g/mol. The van der Waals surface area contributed by atoms with Crippen LogP contribution in [0.1, 0.15) is 147 Å². The number of carbonyl (C=O) groups is 2. The molecule has 2 aromatic rings. The molecule has 2 rings (SSSR count). The smallest absolute Gasteiger partial charge is 0.207 e. The lowest BCUT2D eigenvalue weighted by molar-refractivity contribution is -0.109. The highest BCUT2D eigenvalue weighted by Gasteiger charge is 2.13. The molecule has 0 aliphatic carbocycles. The minimum absolute atomic E-state index is 0.00599. The SMILES string of the molecule is C=C(CC)CCCCCC(C)C(=S)NCC(=C)NC(CC=O)Cc1cccc2ccccc12.CC.CC.CC.CC.CC.CCCNC=O. The topological polar surface area (TPSA) is 70.2 Å². The van der Waals surface area contributed by atoms with Gasteiger partial charge in [-0.1, -0.05) is 176 Å². The Labute approximate surface area is 310 Å². The summed E-state index contributed by atoms with van der Waals surface area (Å²) in [5, 5.41) is 11.8. The van der Waals surface area contributed by atoms with Gasteiger partial charge < -0.3 is 20.7 Å².